The first kappa shape index (κ1) is 18.2. The van der Waals surface area contributed by atoms with Crippen molar-refractivity contribution in [1.29, 1.82) is 0 Å². The van der Waals surface area contributed by atoms with Gasteiger partial charge < -0.3 is 9.64 Å². The third kappa shape index (κ3) is 3.76. The van der Waals surface area contributed by atoms with E-state index in [-0.39, 0.29) is 16.8 Å². The predicted octanol–water partition coefficient (Wildman–Crippen LogP) is 2.12. The van der Waals surface area contributed by atoms with E-state index in [0.29, 0.717) is 31.9 Å². The van der Waals surface area contributed by atoms with Crippen LogP contribution in [-0.2, 0) is 21.2 Å². The van der Waals surface area contributed by atoms with Crippen molar-refractivity contribution in [2.75, 3.05) is 26.3 Å². The number of carbonyl (C=O) groups is 1. The van der Waals surface area contributed by atoms with E-state index in [0.717, 1.165) is 18.4 Å². The molecule has 1 saturated heterocycles. The lowest BCUT2D eigenvalue weighted by atomic mass is 10.1. The number of sulfonamides is 1. The first-order chi connectivity index (χ1) is 13.0. The fourth-order valence-corrected chi connectivity index (χ4v) is 4.98. The van der Waals surface area contributed by atoms with E-state index >= 15 is 0 Å². The van der Waals surface area contributed by atoms with Gasteiger partial charge in [-0.25, -0.2) is 13.1 Å². The number of nitrogens with zero attached hydrogens (tertiary/aromatic N) is 1. The first-order valence-electron chi connectivity index (χ1n) is 9.12. The first-order valence-corrected chi connectivity index (χ1v) is 10.6. The zero-order valence-electron chi connectivity index (χ0n) is 14.9. The Morgan fingerprint density at radius 3 is 2.67 bits per heavy atom. The van der Waals surface area contributed by atoms with E-state index in [9.17, 15) is 13.2 Å². The molecular weight excluding hydrogens is 364 g/mol. The number of carbonyl (C=O) groups excluding carboxylic acids is 1. The van der Waals surface area contributed by atoms with Crippen molar-refractivity contribution in [3.05, 3.63) is 65.2 Å². The minimum atomic E-state index is -3.72. The van der Waals surface area contributed by atoms with Crippen LogP contribution in [0.4, 0.5) is 0 Å². The van der Waals surface area contributed by atoms with Crippen LogP contribution in [0.15, 0.2) is 53.4 Å². The minimum absolute atomic E-state index is 0.117. The second-order valence-electron chi connectivity index (χ2n) is 6.84. The number of benzene rings is 2. The average Bonchev–Trinajstić information content (AvgIpc) is 3.10. The second-order valence-corrected chi connectivity index (χ2v) is 8.56. The van der Waals surface area contributed by atoms with Gasteiger partial charge in [0.15, 0.2) is 0 Å². The Balaban J connectivity index is 1.55. The lowest BCUT2D eigenvalue weighted by Crippen LogP contribution is -2.40. The molecule has 2 aliphatic rings. The maximum atomic E-state index is 12.9. The van der Waals surface area contributed by atoms with Crippen LogP contribution in [0.3, 0.4) is 0 Å². The van der Waals surface area contributed by atoms with Crippen molar-refractivity contribution in [2.24, 2.45) is 0 Å². The lowest BCUT2D eigenvalue weighted by Gasteiger charge is -2.27. The van der Waals surface area contributed by atoms with Gasteiger partial charge in [0.25, 0.3) is 5.91 Å². The number of morpholine rings is 1. The number of hydrogen-bond donors (Lipinski definition) is 1. The monoisotopic (exact) mass is 386 g/mol. The van der Waals surface area contributed by atoms with Crippen molar-refractivity contribution in [3.8, 4) is 0 Å². The number of ether oxygens (including phenoxy) is 1. The van der Waals surface area contributed by atoms with E-state index in [1.54, 1.807) is 17.0 Å². The molecule has 1 atom stereocenters. The standard InChI is InChI=1S/C20H22N2O4S/c23-20(22-10-12-26-13-11-22)16-5-3-6-17(14-16)27(24,25)21-19-9-8-15-4-1-2-7-18(15)19/h1-7,14,19,21H,8-13H2. The number of fused-ring (bicyclic) bond motifs is 1. The zero-order chi connectivity index (χ0) is 18.9. The highest BCUT2D eigenvalue weighted by atomic mass is 32.2. The summed E-state index contributed by atoms with van der Waals surface area (Å²) < 4.78 is 33.9. The van der Waals surface area contributed by atoms with Crippen LogP contribution in [0.1, 0.15) is 33.9 Å². The van der Waals surface area contributed by atoms with E-state index in [4.69, 9.17) is 4.74 Å². The molecule has 1 unspecified atom stereocenters. The van der Waals surface area contributed by atoms with Crippen LogP contribution >= 0.6 is 0 Å². The Morgan fingerprint density at radius 2 is 1.85 bits per heavy atom. The molecule has 1 amide bonds. The lowest BCUT2D eigenvalue weighted by molar-refractivity contribution is 0.0302. The molecular formula is C20H22N2O4S. The smallest absolute Gasteiger partial charge is 0.254 e. The van der Waals surface area contributed by atoms with Crippen LogP contribution < -0.4 is 4.72 Å². The molecule has 0 saturated carbocycles. The molecule has 27 heavy (non-hydrogen) atoms. The molecule has 0 radical (unpaired) electrons. The zero-order valence-corrected chi connectivity index (χ0v) is 15.7. The summed E-state index contributed by atoms with van der Waals surface area (Å²) in [7, 11) is -3.72. The van der Waals surface area contributed by atoms with E-state index in [2.05, 4.69) is 4.72 Å². The van der Waals surface area contributed by atoms with Gasteiger partial charge in [-0.2, -0.15) is 0 Å². The van der Waals surface area contributed by atoms with Crippen molar-refractivity contribution in [1.82, 2.24) is 9.62 Å². The molecule has 1 aliphatic heterocycles. The molecule has 0 bridgehead atoms. The van der Waals surface area contributed by atoms with Crippen LogP contribution in [0.2, 0.25) is 0 Å². The summed E-state index contributed by atoms with van der Waals surface area (Å²) in [5, 5.41) is 0. The molecule has 1 heterocycles. The van der Waals surface area contributed by atoms with Gasteiger partial charge in [-0.15, -0.1) is 0 Å². The Hall–Kier alpha value is -2.22. The number of nitrogens with one attached hydrogen (secondary N) is 1. The summed E-state index contributed by atoms with van der Waals surface area (Å²) in [6.07, 6.45) is 1.60. The molecule has 0 spiro atoms. The highest BCUT2D eigenvalue weighted by Gasteiger charge is 2.28. The molecule has 142 valence electrons. The van der Waals surface area contributed by atoms with E-state index < -0.39 is 10.0 Å². The van der Waals surface area contributed by atoms with Gasteiger partial charge in [0.1, 0.15) is 0 Å². The SMILES string of the molecule is O=C(c1cccc(S(=O)(=O)NC2CCc3ccccc32)c1)N1CCOCC1. The largest absolute Gasteiger partial charge is 0.378 e. The molecule has 2 aromatic carbocycles. The Bertz CT molecular complexity index is 952. The minimum Gasteiger partial charge on any atom is -0.378 e. The van der Waals surface area contributed by atoms with Gasteiger partial charge in [-0.05, 0) is 42.2 Å². The molecule has 0 aromatic heterocycles. The van der Waals surface area contributed by atoms with Gasteiger partial charge >= 0.3 is 0 Å². The van der Waals surface area contributed by atoms with Gasteiger partial charge in [-0.3, -0.25) is 4.79 Å². The molecule has 7 heteroatoms. The molecule has 4 rings (SSSR count). The molecule has 1 fully saturated rings. The summed E-state index contributed by atoms with van der Waals surface area (Å²) in [6, 6.07) is 13.9. The van der Waals surface area contributed by atoms with Crippen LogP contribution in [-0.4, -0.2) is 45.5 Å². The summed E-state index contributed by atoms with van der Waals surface area (Å²) in [4.78, 5) is 14.4. The fourth-order valence-electron chi connectivity index (χ4n) is 3.68. The normalized spacial score (nSPS) is 19.7. The second kappa shape index (κ2) is 7.42. The molecule has 1 aliphatic carbocycles. The molecule has 2 aromatic rings. The number of hydrogen-bond acceptors (Lipinski definition) is 4. The third-order valence-corrected chi connectivity index (χ3v) is 6.59. The molecule has 6 nitrogen and oxygen atoms in total. The summed E-state index contributed by atoms with van der Waals surface area (Å²) in [5.41, 5.74) is 2.59. The van der Waals surface area contributed by atoms with Crippen molar-refractivity contribution in [3.63, 3.8) is 0 Å². The number of rotatable bonds is 4. The third-order valence-electron chi connectivity index (χ3n) is 5.12. The average molecular weight is 386 g/mol. The van der Waals surface area contributed by atoms with Gasteiger partial charge in [-0.1, -0.05) is 30.3 Å². The van der Waals surface area contributed by atoms with Crippen LogP contribution in [0.5, 0.6) is 0 Å². The maximum absolute atomic E-state index is 12.9. The highest BCUT2D eigenvalue weighted by molar-refractivity contribution is 7.89. The fraction of sp³-hybridized carbons (Fsp3) is 0.350. The predicted molar refractivity (Wildman–Crippen MR) is 101 cm³/mol. The van der Waals surface area contributed by atoms with Crippen molar-refractivity contribution >= 4 is 15.9 Å². The summed E-state index contributed by atoms with van der Waals surface area (Å²) >= 11 is 0. The van der Waals surface area contributed by atoms with Crippen molar-refractivity contribution in [2.45, 2.75) is 23.8 Å². The van der Waals surface area contributed by atoms with E-state index in [1.165, 1.54) is 17.7 Å². The molecule has 1 N–H and O–H groups in total. The van der Waals surface area contributed by atoms with Crippen molar-refractivity contribution < 1.29 is 17.9 Å². The number of aryl methyl sites for hydroxylation is 1. The van der Waals surface area contributed by atoms with Gasteiger partial charge in [0.2, 0.25) is 10.0 Å². The quantitative estimate of drug-likeness (QED) is 0.873. The summed E-state index contributed by atoms with van der Waals surface area (Å²) in [6.45, 7) is 2.05. The van der Waals surface area contributed by atoms with Crippen LogP contribution in [0, 0.1) is 0 Å². The Kier molecular flexibility index (Phi) is 4.99. The van der Waals surface area contributed by atoms with Gasteiger partial charge in [0.05, 0.1) is 18.1 Å². The maximum Gasteiger partial charge on any atom is 0.254 e. The highest BCUT2D eigenvalue weighted by Crippen LogP contribution is 2.32. The Morgan fingerprint density at radius 1 is 1.07 bits per heavy atom. The van der Waals surface area contributed by atoms with Gasteiger partial charge in [0, 0.05) is 24.7 Å². The number of amides is 1. The van der Waals surface area contributed by atoms with E-state index in [1.807, 2.05) is 24.3 Å². The topological polar surface area (TPSA) is 75.7 Å². The summed E-state index contributed by atoms with van der Waals surface area (Å²) in [5.74, 6) is -0.165. The van der Waals surface area contributed by atoms with Crippen LogP contribution in [0.25, 0.3) is 0 Å². The Labute approximate surface area is 159 Å².